The van der Waals surface area contributed by atoms with Crippen LogP contribution < -0.4 is 9.47 Å². The standard InChI is InChI=1S/C27H27NO9/c1-28-12-11-26-19-14-7-8-16(29)22(19)37-23(26)17(9-10-27(26,34)18(28)13-14)36-25(33)21(31)20(30)24(32)35-15-5-3-2-4-6-15/h2-9,18,20-21,23,29-31,34H,10-13H2,1H3/t18-,20-,21-,23+,26+,27-/m1/s1. The molecule has 0 amide bonds. The predicted molar refractivity (Wildman–Crippen MR) is 127 cm³/mol. The maximum atomic E-state index is 12.8. The van der Waals surface area contributed by atoms with Crippen LogP contribution in [-0.4, -0.2) is 80.8 Å². The molecule has 10 nitrogen and oxygen atoms in total. The monoisotopic (exact) mass is 509 g/mol. The van der Waals surface area contributed by atoms with Gasteiger partial charge in [0.25, 0.3) is 0 Å². The number of piperidine rings is 1. The molecule has 0 radical (unpaired) electrons. The van der Waals surface area contributed by atoms with E-state index in [4.69, 9.17) is 14.2 Å². The second-order valence-electron chi connectivity index (χ2n) is 10.1. The van der Waals surface area contributed by atoms with Crippen LogP contribution in [0.1, 0.15) is 24.0 Å². The molecule has 37 heavy (non-hydrogen) atoms. The van der Waals surface area contributed by atoms with Crippen molar-refractivity contribution in [1.82, 2.24) is 4.90 Å². The highest BCUT2D eigenvalue weighted by Gasteiger charge is 2.72. The fraction of sp³-hybridized carbons (Fsp3) is 0.407. The van der Waals surface area contributed by atoms with Gasteiger partial charge in [-0.1, -0.05) is 24.3 Å². The normalized spacial score (nSPS) is 30.9. The van der Waals surface area contributed by atoms with E-state index in [2.05, 4.69) is 4.90 Å². The van der Waals surface area contributed by atoms with E-state index in [9.17, 15) is 30.0 Å². The summed E-state index contributed by atoms with van der Waals surface area (Å²) >= 11 is 0. The predicted octanol–water partition coefficient (Wildman–Crippen LogP) is 0.540. The summed E-state index contributed by atoms with van der Waals surface area (Å²) in [5.74, 6) is -2.13. The first kappa shape index (κ1) is 23.9. The molecule has 0 unspecified atom stereocenters. The molecule has 2 aliphatic heterocycles. The Bertz CT molecular complexity index is 1310. The zero-order valence-corrected chi connectivity index (χ0v) is 20.0. The fourth-order valence-electron chi connectivity index (χ4n) is 6.54. The topological polar surface area (TPSA) is 146 Å². The minimum absolute atomic E-state index is 0.0455. The van der Waals surface area contributed by atoms with Gasteiger partial charge in [0.15, 0.2) is 29.8 Å². The number of aromatic hydroxyl groups is 1. The number of phenolic OH excluding ortho intramolecular Hbond substituents is 1. The number of likely N-dealkylation sites (tertiary alicyclic amines) is 1. The van der Waals surface area contributed by atoms with Crippen LogP contribution in [0.25, 0.3) is 0 Å². The number of aliphatic hydroxyl groups excluding tert-OH is 2. The van der Waals surface area contributed by atoms with Crippen LogP contribution in [0.15, 0.2) is 54.3 Å². The van der Waals surface area contributed by atoms with Gasteiger partial charge in [0.2, 0.25) is 0 Å². The van der Waals surface area contributed by atoms with Gasteiger partial charge in [0.05, 0.1) is 11.0 Å². The van der Waals surface area contributed by atoms with E-state index in [0.717, 1.165) is 11.1 Å². The summed E-state index contributed by atoms with van der Waals surface area (Å²) in [5.41, 5.74) is -0.558. The maximum Gasteiger partial charge on any atom is 0.343 e. The summed E-state index contributed by atoms with van der Waals surface area (Å²) in [6.45, 7) is 0.648. The third-order valence-corrected chi connectivity index (χ3v) is 8.32. The molecule has 2 aromatic carbocycles. The average molecular weight is 510 g/mol. The van der Waals surface area contributed by atoms with Gasteiger partial charge < -0.3 is 39.5 Å². The Morgan fingerprint density at radius 3 is 2.51 bits per heavy atom. The highest BCUT2D eigenvalue weighted by atomic mass is 16.6. The molecule has 2 heterocycles. The molecule has 0 aromatic heterocycles. The van der Waals surface area contributed by atoms with Crippen LogP contribution in [0.5, 0.6) is 17.2 Å². The van der Waals surface area contributed by atoms with E-state index in [-0.39, 0.29) is 35.5 Å². The van der Waals surface area contributed by atoms with Crippen molar-refractivity contribution < 1.29 is 44.2 Å². The number of hydrogen-bond donors (Lipinski definition) is 4. The third-order valence-electron chi connectivity index (χ3n) is 8.32. The summed E-state index contributed by atoms with van der Waals surface area (Å²) in [7, 11) is 1.96. The molecule has 194 valence electrons. The van der Waals surface area contributed by atoms with E-state index >= 15 is 0 Å². The first-order valence-electron chi connectivity index (χ1n) is 12.2. The van der Waals surface area contributed by atoms with Gasteiger partial charge in [-0.25, -0.2) is 9.59 Å². The largest absolute Gasteiger partial charge is 0.504 e. The number of nitrogens with zero attached hydrogens (tertiary/aromatic N) is 1. The van der Waals surface area contributed by atoms with E-state index < -0.39 is 41.3 Å². The lowest BCUT2D eigenvalue weighted by molar-refractivity contribution is -0.177. The Kier molecular flexibility index (Phi) is 5.36. The van der Waals surface area contributed by atoms with Gasteiger partial charge in [-0.15, -0.1) is 0 Å². The van der Waals surface area contributed by atoms with E-state index in [1.165, 1.54) is 12.1 Å². The number of ether oxygens (including phenoxy) is 3. The van der Waals surface area contributed by atoms with Gasteiger partial charge >= 0.3 is 11.9 Å². The van der Waals surface area contributed by atoms with Crippen LogP contribution in [0.2, 0.25) is 0 Å². The van der Waals surface area contributed by atoms with E-state index in [1.807, 2.05) is 13.1 Å². The van der Waals surface area contributed by atoms with Crippen LogP contribution in [0.4, 0.5) is 0 Å². The van der Waals surface area contributed by atoms with E-state index in [1.54, 1.807) is 30.3 Å². The number of aliphatic hydroxyl groups is 3. The molecule has 10 heteroatoms. The quantitative estimate of drug-likeness (QED) is 0.333. The van der Waals surface area contributed by atoms with Crippen molar-refractivity contribution in [3.8, 4) is 17.2 Å². The van der Waals surface area contributed by atoms with Gasteiger partial charge in [-0.3, -0.25) is 0 Å². The molecule has 1 saturated heterocycles. The lowest BCUT2D eigenvalue weighted by atomic mass is 9.50. The zero-order valence-electron chi connectivity index (χ0n) is 20.0. The Hall–Kier alpha value is -3.44. The van der Waals surface area contributed by atoms with Crippen molar-refractivity contribution in [2.75, 3.05) is 13.6 Å². The number of esters is 2. The second kappa shape index (κ2) is 8.29. The smallest absolute Gasteiger partial charge is 0.343 e. The summed E-state index contributed by atoms with van der Waals surface area (Å²) in [5, 5.41) is 43.3. The average Bonchev–Trinajstić information content (AvgIpc) is 3.25. The first-order valence-corrected chi connectivity index (χ1v) is 12.2. The van der Waals surface area contributed by atoms with E-state index in [0.29, 0.717) is 19.4 Å². The molecule has 2 bridgehead atoms. The van der Waals surface area contributed by atoms with Crippen molar-refractivity contribution in [1.29, 1.82) is 0 Å². The van der Waals surface area contributed by atoms with Crippen molar-refractivity contribution in [2.45, 2.75) is 54.6 Å². The third kappa shape index (κ3) is 3.26. The number of phenols is 1. The number of likely N-dealkylation sites (N-methyl/N-ethyl adjacent to an activating group) is 1. The van der Waals surface area contributed by atoms with Gasteiger partial charge in [0.1, 0.15) is 11.5 Å². The molecular formula is C27H27NO9. The second-order valence-corrected chi connectivity index (χ2v) is 10.1. The van der Waals surface area contributed by atoms with Crippen LogP contribution in [0.3, 0.4) is 0 Å². The van der Waals surface area contributed by atoms with Crippen molar-refractivity contribution in [3.05, 3.63) is 65.4 Å². The van der Waals surface area contributed by atoms with Crippen molar-refractivity contribution >= 4 is 11.9 Å². The molecule has 1 spiro atoms. The molecule has 6 atom stereocenters. The highest BCUT2D eigenvalue weighted by Crippen LogP contribution is 2.65. The summed E-state index contributed by atoms with van der Waals surface area (Å²) in [6.07, 6.45) is -2.62. The number of hydrogen-bond acceptors (Lipinski definition) is 10. The number of para-hydroxylation sites is 1. The molecular weight excluding hydrogens is 482 g/mol. The SMILES string of the molecule is CN1CC[C@]23c4c5ccc(O)c4O[C@H]2C(OC(=O)[C@H](O)[C@@H](O)C(=O)Oc2ccccc2)=CC[C@@]3(O)[C@H]1C5. The lowest BCUT2D eigenvalue weighted by Gasteiger charge is -2.61. The number of benzene rings is 2. The molecule has 4 N–H and O–H groups in total. The Balaban J connectivity index is 1.28. The number of carbonyl (C=O) groups is 2. The number of rotatable bonds is 5. The molecule has 4 aliphatic rings. The lowest BCUT2D eigenvalue weighted by Crippen LogP contribution is -2.74. The van der Waals surface area contributed by atoms with Crippen LogP contribution in [-0.2, 0) is 26.2 Å². The summed E-state index contributed by atoms with van der Waals surface area (Å²) in [4.78, 5) is 27.2. The minimum Gasteiger partial charge on any atom is -0.504 e. The van der Waals surface area contributed by atoms with Crippen LogP contribution in [0, 0.1) is 0 Å². The molecule has 6 rings (SSSR count). The molecule has 2 aliphatic carbocycles. The van der Waals surface area contributed by atoms with Gasteiger partial charge in [-0.2, -0.15) is 0 Å². The zero-order chi connectivity index (χ0) is 26.1. The fourth-order valence-corrected chi connectivity index (χ4v) is 6.54. The van der Waals surface area contributed by atoms with Gasteiger partial charge in [-0.05, 0) is 56.3 Å². The Morgan fingerprint density at radius 1 is 1.08 bits per heavy atom. The minimum atomic E-state index is -2.22. The maximum absolute atomic E-state index is 12.8. The first-order chi connectivity index (χ1) is 17.7. The molecule has 0 saturated carbocycles. The summed E-state index contributed by atoms with van der Waals surface area (Å²) in [6, 6.07) is 11.1. The Labute approximate surface area is 212 Å². The summed E-state index contributed by atoms with van der Waals surface area (Å²) < 4.78 is 16.7. The van der Waals surface area contributed by atoms with Gasteiger partial charge in [0, 0.05) is 18.0 Å². The number of carbonyl (C=O) groups excluding carboxylic acids is 2. The highest BCUT2D eigenvalue weighted by molar-refractivity contribution is 5.86. The van der Waals surface area contributed by atoms with Crippen LogP contribution >= 0.6 is 0 Å². The molecule has 2 aromatic rings. The van der Waals surface area contributed by atoms with Crippen molar-refractivity contribution in [3.63, 3.8) is 0 Å². The van der Waals surface area contributed by atoms with Crippen molar-refractivity contribution in [2.24, 2.45) is 0 Å². The molecule has 1 fully saturated rings. The Morgan fingerprint density at radius 2 is 1.78 bits per heavy atom.